The molecule has 1 saturated heterocycles. The van der Waals surface area contributed by atoms with Crippen molar-refractivity contribution in [3.05, 3.63) is 90.0 Å². The number of hydrogen-bond donors (Lipinski definition) is 0. The predicted molar refractivity (Wildman–Crippen MR) is 143 cm³/mol. The molecule has 4 aromatic rings. The molecule has 0 atom stereocenters. The Morgan fingerprint density at radius 1 is 0.889 bits per heavy atom. The zero-order chi connectivity index (χ0) is 25.1. The second kappa shape index (κ2) is 10.2. The van der Waals surface area contributed by atoms with Gasteiger partial charge >= 0.3 is 0 Å². The van der Waals surface area contributed by atoms with E-state index in [0.717, 1.165) is 46.7 Å². The van der Waals surface area contributed by atoms with Crippen LogP contribution in [0, 0.1) is 0 Å². The highest BCUT2D eigenvalue weighted by molar-refractivity contribution is 6.07. The molecule has 0 spiro atoms. The number of nitrogens with zero attached hydrogens (tertiary/aromatic N) is 3. The van der Waals surface area contributed by atoms with Crippen LogP contribution < -0.4 is 9.64 Å². The van der Waals surface area contributed by atoms with Crippen molar-refractivity contribution < 1.29 is 14.3 Å². The third kappa shape index (κ3) is 4.80. The van der Waals surface area contributed by atoms with E-state index in [1.807, 2.05) is 90.7 Å². The smallest absolute Gasteiger partial charge is 0.254 e. The second-order valence-electron chi connectivity index (χ2n) is 8.92. The topological polar surface area (TPSA) is 62.7 Å². The number of rotatable bonds is 6. The third-order valence-corrected chi connectivity index (χ3v) is 6.59. The van der Waals surface area contributed by atoms with Crippen molar-refractivity contribution in [3.8, 4) is 17.0 Å². The first-order valence-corrected chi connectivity index (χ1v) is 12.3. The number of carbonyl (C=O) groups excluding carboxylic acids is 2. The van der Waals surface area contributed by atoms with Crippen LogP contribution in [0.3, 0.4) is 0 Å². The highest BCUT2D eigenvalue weighted by Gasteiger charge is 2.24. The first kappa shape index (κ1) is 23.5. The van der Waals surface area contributed by atoms with E-state index in [0.29, 0.717) is 30.8 Å². The Morgan fingerprint density at radius 2 is 1.64 bits per heavy atom. The van der Waals surface area contributed by atoms with Gasteiger partial charge in [0.05, 0.1) is 23.4 Å². The van der Waals surface area contributed by atoms with Crippen LogP contribution in [0.15, 0.2) is 78.9 Å². The van der Waals surface area contributed by atoms with Gasteiger partial charge in [-0.25, -0.2) is 4.98 Å². The van der Waals surface area contributed by atoms with Crippen LogP contribution in [0.4, 0.5) is 5.69 Å². The summed E-state index contributed by atoms with van der Waals surface area (Å²) in [7, 11) is 0. The third-order valence-electron chi connectivity index (χ3n) is 6.59. The number of carbonyl (C=O) groups is 2. The Morgan fingerprint density at radius 3 is 2.36 bits per heavy atom. The van der Waals surface area contributed by atoms with Crippen molar-refractivity contribution in [3.63, 3.8) is 0 Å². The number of ether oxygens (including phenoxy) is 1. The van der Waals surface area contributed by atoms with Gasteiger partial charge in [0.1, 0.15) is 5.75 Å². The van der Waals surface area contributed by atoms with Gasteiger partial charge in [0.15, 0.2) is 5.78 Å². The number of hydrogen-bond acceptors (Lipinski definition) is 5. The first-order chi connectivity index (χ1) is 17.5. The lowest BCUT2D eigenvalue weighted by Crippen LogP contribution is -2.48. The Bertz CT molecular complexity index is 1410. The molecule has 6 nitrogen and oxygen atoms in total. The van der Waals surface area contributed by atoms with E-state index in [4.69, 9.17) is 9.72 Å². The van der Waals surface area contributed by atoms with Crippen molar-refractivity contribution in [2.45, 2.75) is 13.8 Å². The van der Waals surface area contributed by atoms with E-state index in [1.54, 1.807) is 6.92 Å². The van der Waals surface area contributed by atoms with E-state index < -0.39 is 0 Å². The average molecular weight is 480 g/mol. The maximum Gasteiger partial charge on any atom is 0.254 e. The van der Waals surface area contributed by atoms with E-state index in [-0.39, 0.29) is 11.7 Å². The number of para-hydroxylation sites is 1. The van der Waals surface area contributed by atoms with Gasteiger partial charge in [-0.15, -0.1) is 0 Å². The Labute approximate surface area is 211 Å². The lowest BCUT2D eigenvalue weighted by atomic mass is 10.0. The minimum Gasteiger partial charge on any atom is -0.494 e. The fourth-order valence-corrected chi connectivity index (χ4v) is 4.66. The summed E-state index contributed by atoms with van der Waals surface area (Å²) in [6.45, 7) is 6.83. The molecule has 0 N–H and O–H groups in total. The van der Waals surface area contributed by atoms with E-state index in [2.05, 4.69) is 4.90 Å². The number of benzene rings is 3. The molecule has 36 heavy (non-hydrogen) atoms. The molecule has 3 aromatic carbocycles. The average Bonchev–Trinajstić information content (AvgIpc) is 2.92. The molecule has 182 valence electrons. The van der Waals surface area contributed by atoms with Crippen molar-refractivity contribution in [2.24, 2.45) is 0 Å². The molecule has 0 bridgehead atoms. The van der Waals surface area contributed by atoms with E-state index in [1.165, 1.54) is 0 Å². The fraction of sp³-hybridized carbons (Fsp3) is 0.233. The van der Waals surface area contributed by atoms with Crippen molar-refractivity contribution in [2.75, 3.05) is 37.7 Å². The Kier molecular flexibility index (Phi) is 6.67. The molecule has 1 aliphatic heterocycles. The van der Waals surface area contributed by atoms with Crippen LogP contribution in [0.5, 0.6) is 5.75 Å². The number of piperazine rings is 1. The molecule has 0 saturated carbocycles. The maximum atomic E-state index is 13.7. The molecule has 0 unspecified atom stereocenters. The van der Waals surface area contributed by atoms with Crippen LogP contribution >= 0.6 is 0 Å². The summed E-state index contributed by atoms with van der Waals surface area (Å²) in [5.41, 5.74) is 4.90. The van der Waals surface area contributed by atoms with Crippen LogP contribution in [-0.2, 0) is 0 Å². The molecular formula is C30H29N3O3. The largest absolute Gasteiger partial charge is 0.494 e. The van der Waals surface area contributed by atoms with Gasteiger partial charge in [0, 0.05) is 48.4 Å². The molecular weight excluding hydrogens is 450 g/mol. The van der Waals surface area contributed by atoms with Crippen LogP contribution in [-0.4, -0.2) is 54.4 Å². The van der Waals surface area contributed by atoms with Crippen molar-refractivity contribution in [1.29, 1.82) is 0 Å². The number of aromatic nitrogens is 1. The molecule has 1 amide bonds. The molecule has 0 aliphatic carbocycles. The van der Waals surface area contributed by atoms with Gasteiger partial charge < -0.3 is 14.5 Å². The standard InChI is InChI=1S/C30H29N3O3/c1-3-36-25-8-6-7-23(19-25)29-20-27(26-9-4-5-10-28(26)31-29)30(35)33-17-15-32(16-18-33)24-13-11-22(12-14-24)21(2)34/h4-14,19-20H,3,15-18H2,1-2H3. The molecule has 5 rings (SSSR count). The van der Waals surface area contributed by atoms with Crippen LogP contribution in [0.25, 0.3) is 22.2 Å². The van der Waals surface area contributed by atoms with Gasteiger partial charge in [-0.2, -0.15) is 0 Å². The van der Waals surface area contributed by atoms with Gasteiger partial charge in [0.2, 0.25) is 0 Å². The molecule has 1 aromatic heterocycles. The van der Waals surface area contributed by atoms with E-state index >= 15 is 0 Å². The predicted octanol–water partition coefficient (Wildman–Crippen LogP) is 5.47. The molecule has 1 fully saturated rings. The second-order valence-corrected chi connectivity index (χ2v) is 8.92. The fourth-order valence-electron chi connectivity index (χ4n) is 4.66. The zero-order valence-electron chi connectivity index (χ0n) is 20.6. The molecule has 6 heteroatoms. The number of anilines is 1. The summed E-state index contributed by atoms with van der Waals surface area (Å²) in [5.74, 6) is 0.859. The minimum absolute atomic E-state index is 0.0161. The van der Waals surface area contributed by atoms with Crippen molar-refractivity contribution >= 4 is 28.3 Å². The van der Waals surface area contributed by atoms with Crippen LogP contribution in [0.1, 0.15) is 34.6 Å². The van der Waals surface area contributed by atoms with Gasteiger partial charge in [-0.1, -0.05) is 30.3 Å². The number of pyridine rings is 1. The van der Waals surface area contributed by atoms with E-state index in [9.17, 15) is 9.59 Å². The molecule has 2 heterocycles. The Balaban J connectivity index is 1.40. The number of amides is 1. The maximum absolute atomic E-state index is 13.7. The molecule has 1 aliphatic rings. The zero-order valence-corrected chi connectivity index (χ0v) is 20.6. The summed E-state index contributed by atoms with van der Waals surface area (Å²) >= 11 is 0. The van der Waals surface area contributed by atoms with Gasteiger partial charge in [-0.05, 0) is 62.4 Å². The monoisotopic (exact) mass is 479 g/mol. The van der Waals surface area contributed by atoms with Gasteiger partial charge in [0.25, 0.3) is 5.91 Å². The lowest BCUT2D eigenvalue weighted by Gasteiger charge is -2.36. The lowest BCUT2D eigenvalue weighted by molar-refractivity contribution is 0.0748. The summed E-state index contributed by atoms with van der Waals surface area (Å²) in [6.07, 6.45) is 0. The number of ketones is 1. The van der Waals surface area contributed by atoms with Gasteiger partial charge in [-0.3, -0.25) is 9.59 Å². The molecule has 0 radical (unpaired) electrons. The summed E-state index contributed by atoms with van der Waals surface area (Å²) in [4.78, 5) is 34.3. The normalized spacial score (nSPS) is 13.6. The Hall–Kier alpha value is -4.19. The summed E-state index contributed by atoms with van der Waals surface area (Å²) < 4.78 is 5.67. The highest BCUT2D eigenvalue weighted by atomic mass is 16.5. The first-order valence-electron chi connectivity index (χ1n) is 12.3. The number of fused-ring (bicyclic) bond motifs is 1. The SMILES string of the molecule is CCOc1cccc(-c2cc(C(=O)N3CCN(c4ccc(C(C)=O)cc4)CC3)c3ccccc3n2)c1. The number of Topliss-reactive ketones (excluding diaryl/α,β-unsaturated/α-hetero) is 1. The van der Waals surface area contributed by atoms with Crippen molar-refractivity contribution in [1.82, 2.24) is 9.88 Å². The highest BCUT2D eigenvalue weighted by Crippen LogP contribution is 2.28. The van der Waals surface area contributed by atoms with Crippen LogP contribution in [0.2, 0.25) is 0 Å². The quantitative estimate of drug-likeness (QED) is 0.344. The minimum atomic E-state index is 0.0161. The summed E-state index contributed by atoms with van der Waals surface area (Å²) in [5, 5.41) is 0.856. The summed E-state index contributed by atoms with van der Waals surface area (Å²) in [6, 6.07) is 25.2.